The molecule has 0 bridgehead atoms. The van der Waals surface area contributed by atoms with Gasteiger partial charge in [-0.2, -0.15) is 0 Å². The van der Waals surface area contributed by atoms with Crippen molar-refractivity contribution < 1.29 is 9.53 Å². The summed E-state index contributed by atoms with van der Waals surface area (Å²) in [7, 11) is 1.73. The van der Waals surface area contributed by atoms with Crippen molar-refractivity contribution in [3.8, 4) is 0 Å². The fourth-order valence-corrected chi connectivity index (χ4v) is 3.21. The van der Waals surface area contributed by atoms with E-state index in [1.165, 1.54) is 11.3 Å². The molecule has 4 nitrogen and oxygen atoms in total. The number of ether oxygens (including phenoxy) is 1. The predicted octanol–water partition coefficient (Wildman–Crippen LogP) is 1.91. The zero-order valence-electron chi connectivity index (χ0n) is 12.0. The van der Waals surface area contributed by atoms with E-state index in [9.17, 15) is 4.79 Å². The highest BCUT2D eigenvalue weighted by Crippen LogP contribution is 2.26. The number of methoxy groups -OCH3 is 1. The molecule has 0 aliphatic carbocycles. The Hall–Kier alpha value is -1.55. The third-order valence-corrected chi connectivity index (χ3v) is 4.39. The van der Waals surface area contributed by atoms with E-state index < -0.39 is 0 Å². The lowest BCUT2D eigenvalue weighted by molar-refractivity contribution is -0.138. The molecule has 108 valence electrons. The molecule has 1 N–H and O–H groups in total. The van der Waals surface area contributed by atoms with Gasteiger partial charge in [0.2, 0.25) is 5.91 Å². The third kappa shape index (κ3) is 2.66. The first-order valence-corrected chi connectivity index (χ1v) is 7.41. The van der Waals surface area contributed by atoms with E-state index in [-0.39, 0.29) is 17.9 Å². The Labute approximate surface area is 120 Å². The zero-order chi connectivity index (χ0) is 13.9. The quantitative estimate of drug-likeness (QED) is 0.895. The van der Waals surface area contributed by atoms with Gasteiger partial charge < -0.3 is 15.0 Å². The molecule has 0 aromatic heterocycles. The summed E-state index contributed by atoms with van der Waals surface area (Å²) in [6.45, 7) is 2.36. The van der Waals surface area contributed by atoms with Crippen LogP contribution in [0.25, 0.3) is 0 Å². The topological polar surface area (TPSA) is 41.6 Å². The summed E-state index contributed by atoms with van der Waals surface area (Å²) < 4.78 is 5.41. The first kappa shape index (κ1) is 13.4. The van der Waals surface area contributed by atoms with Crippen LogP contribution in [0.1, 0.15) is 18.4 Å². The first-order valence-electron chi connectivity index (χ1n) is 7.41. The van der Waals surface area contributed by atoms with Crippen molar-refractivity contribution in [3.63, 3.8) is 0 Å². The molecule has 1 saturated heterocycles. The van der Waals surface area contributed by atoms with Crippen LogP contribution < -0.4 is 5.32 Å². The Balaban J connectivity index is 1.67. The van der Waals surface area contributed by atoms with E-state index in [0.717, 1.165) is 38.9 Å². The first-order chi connectivity index (χ1) is 9.78. The summed E-state index contributed by atoms with van der Waals surface area (Å²) in [5.74, 6) is 0.328. The average molecular weight is 274 g/mol. The normalized spacial score (nSPS) is 25.8. The van der Waals surface area contributed by atoms with E-state index in [4.69, 9.17) is 4.74 Å². The molecule has 3 rings (SSSR count). The van der Waals surface area contributed by atoms with Crippen LogP contribution >= 0.6 is 0 Å². The summed E-state index contributed by atoms with van der Waals surface area (Å²) in [4.78, 5) is 14.6. The van der Waals surface area contributed by atoms with Crippen LogP contribution in [0.2, 0.25) is 0 Å². The van der Waals surface area contributed by atoms with Crippen molar-refractivity contribution >= 4 is 11.6 Å². The van der Waals surface area contributed by atoms with Gasteiger partial charge in [-0.1, -0.05) is 18.2 Å². The minimum atomic E-state index is 0.0560. The lowest BCUT2D eigenvalue weighted by Gasteiger charge is -2.35. The molecule has 0 spiro atoms. The second kappa shape index (κ2) is 5.83. The molecule has 2 unspecified atom stereocenters. The van der Waals surface area contributed by atoms with Gasteiger partial charge in [-0.15, -0.1) is 0 Å². The number of rotatable bonds is 2. The van der Waals surface area contributed by atoms with Crippen molar-refractivity contribution in [3.05, 3.63) is 29.8 Å². The predicted molar refractivity (Wildman–Crippen MR) is 78.7 cm³/mol. The van der Waals surface area contributed by atoms with Gasteiger partial charge in [-0.05, 0) is 30.9 Å². The molecule has 1 amide bonds. The maximum absolute atomic E-state index is 12.7. The Kier molecular flexibility index (Phi) is 3.92. The summed E-state index contributed by atoms with van der Waals surface area (Å²) in [6.07, 6.45) is 3.15. The van der Waals surface area contributed by atoms with Crippen LogP contribution in [-0.2, 0) is 16.0 Å². The largest absolute Gasteiger partial charge is 0.384 e. The number of nitrogens with one attached hydrogen (secondary N) is 1. The summed E-state index contributed by atoms with van der Waals surface area (Å²) in [5, 5.41) is 3.38. The number of carbonyl (C=O) groups excluding carboxylic acids is 1. The number of benzene rings is 1. The van der Waals surface area contributed by atoms with Crippen molar-refractivity contribution in [1.82, 2.24) is 4.90 Å². The van der Waals surface area contributed by atoms with Gasteiger partial charge in [0.25, 0.3) is 0 Å². The average Bonchev–Trinajstić information content (AvgIpc) is 2.53. The lowest BCUT2D eigenvalue weighted by Crippen LogP contribution is -2.47. The fourth-order valence-electron chi connectivity index (χ4n) is 3.21. The zero-order valence-corrected chi connectivity index (χ0v) is 12.0. The van der Waals surface area contributed by atoms with Gasteiger partial charge in [0.15, 0.2) is 0 Å². The molecule has 0 saturated carbocycles. The molecule has 4 heteroatoms. The van der Waals surface area contributed by atoms with E-state index in [1.54, 1.807) is 7.11 Å². The molecule has 2 heterocycles. The monoisotopic (exact) mass is 274 g/mol. The van der Waals surface area contributed by atoms with Gasteiger partial charge in [-0.25, -0.2) is 0 Å². The standard InChI is InChI=1S/C16H22N2O2/c1-20-14-6-4-8-18(11-14)16(19)13-9-12-5-2-3-7-15(12)17-10-13/h2-3,5,7,13-14,17H,4,6,8-11H2,1H3. The smallest absolute Gasteiger partial charge is 0.227 e. The van der Waals surface area contributed by atoms with E-state index in [2.05, 4.69) is 17.4 Å². The Morgan fingerprint density at radius 3 is 3.10 bits per heavy atom. The molecule has 2 atom stereocenters. The highest BCUT2D eigenvalue weighted by molar-refractivity contribution is 5.81. The number of likely N-dealkylation sites (tertiary alicyclic amines) is 1. The number of hydrogen-bond donors (Lipinski definition) is 1. The molecule has 2 aliphatic heterocycles. The Morgan fingerprint density at radius 1 is 1.40 bits per heavy atom. The summed E-state index contributed by atoms with van der Waals surface area (Å²) in [6, 6.07) is 8.25. The molecule has 1 fully saturated rings. The van der Waals surface area contributed by atoms with Crippen LogP contribution in [0, 0.1) is 5.92 Å². The van der Waals surface area contributed by atoms with Crippen molar-refractivity contribution in [2.75, 3.05) is 32.1 Å². The number of amides is 1. The lowest BCUT2D eigenvalue weighted by atomic mass is 9.92. The number of anilines is 1. The van der Waals surface area contributed by atoms with Crippen LogP contribution in [0.4, 0.5) is 5.69 Å². The Bertz CT molecular complexity index is 489. The summed E-state index contributed by atoms with van der Waals surface area (Å²) in [5.41, 5.74) is 2.42. The number of hydrogen-bond acceptors (Lipinski definition) is 3. The highest BCUT2D eigenvalue weighted by Gasteiger charge is 2.31. The number of carbonyl (C=O) groups is 1. The number of nitrogens with zero attached hydrogens (tertiary/aromatic N) is 1. The molecular weight excluding hydrogens is 252 g/mol. The molecule has 2 aliphatic rings. The minimum absolute atomic E-state index is 0.0560. The number of piperidine rings is 1. The fraction of sp³-hybridized carbons (Fsp3) is 0.562. The maximum Gasteiger partial charge on any atom is 0.227 e. The van der Waals surface area contributed by atoms with Crippen LogP contribution in [0.3, 0.4) is 0 Å². The second-order valence-electron chi connectivity index (χ2n) is 5.72. The summed E-state index contributed by atoms with van der Waals surface area (Å²) >= 11 is 0. The van der Waals surface area contributed by atoms with Gasteiger partial charge in [0.1, 0.15) is 0 Å². The SMILES string of the molecule is COC1CCCN(C(=O)C2CNc3ccccc3C2)C1. The highest BCUT2D eigenvalue weighted by atomic mass is 16.5. The van der Waals surface area contributed by atoms with Crippen LogP contribution in [0.5, 0.6) is 0 Å². The van der Waals surface area contributed by atoms with E-state index in [1.807, 2.05) is 17.0 Å². The second-order valence-corrected chi connectivity index (χ2v) is 5.72. The molecule has 20 heavy (non-hydrogen) atoms. The van der Waals surface area contributed by atoms with Crippen LogP contribution in [0.15, 0.2) is 24.3 Å². The number of fused-ring (bicyclic) bond motifs is 1. The van der Waals surface area contributed by atoms with Gasteiger partial charge in [0, 0.05) is 32.4 Å². The molecule has 0 radical (unpaired) electrons. The number of para-hydroxylation sites is 1. The van der Waals surface area contributed by atoms with Crippen molar-refractivity contribution in [2.24, 2.45) is 5.92 Å². The van der Waals surface area contributed by atoms with Crippen molar-refractivity contribution in [2.45, 2.75) is 25.4 Å². The van der Waals surface area contributed by atoms with Gasteiger partial charge in [-0.3, -0.25) is 4.79 Å². The Morgan fingerprint density at radius 2 is 2.25 bits per heavy atom. The minimum Gasteiger partial charge on any atom is -0.384 e. The van der Waals surface area contributed by atoms with Crippen LogP contribution in [-0.4, -0.2) is 43.7 Å². The van der Waals surface area contributed by atoms with E-state index >= 15 is 0 Å². The molecule has 1 aromatic rings. The molecular formula is C16H22N2O2. The molecule has 1 aromatic carbocycles. The van der Waals surface area contributed by atoms with Gasteiger partial charge in [0.05, 0.1) is 12.0 Å². The van der Waals surface area contributed by atoms with Gasteiger partial charge >= 0.3 is 0 Å². The maximum atomic E-state index is 12.7. The van der Waals surface area contributed by atoms with E-state index in [0.29, 0.717) is 0 Å². The van der Waals surface area contributed by atoms with Crippen molar-refractivity contribution in [1.29, 1.82) is 0 Å². The third-order valence-electron chi connectivity index (χ3n) is 4.39.